The zero-order valence-corrected chi connectivity index (χ0v) is 9.44. The summed E-state index contributed by atoms with van der Waals surface area (Å²) in [6, 6.07) is 5.11. The van der Waals surface area contributed by atoms with E-state index >= 15 is 0 Å². The molecule has 0 amide bonds. The van der Waals surface area contributed by atoms with Gasteiger partial charge in [-0.25, -0.2) is 17.7 Å². The van der Waals surface area contributed by atoms with Gasteiger partial charge in [0.15, 0.2) is 23.1 Å². The van der Waals surface area contributed by atoms with Crippen molar-refractivity contribution in [1.29, 1.82) is 0 Å². The first-order valence-electron chi connectivity index (χ1n) is 5.32. The summed E-state index contributed by atoms with van der Waals surface area (Å²) in [6.07, 6.45) is 1.57. The molecule has 0 bridgehead atoms. The summed E-state index contributed by atoms with van der Waals surface area (Å²) in [5.41, 5.74) is 5.91. The summed E-state index contributed by atoms with van der Waals surface area (Å²) in [5, 5.41) is 3.86. The number of halogens is 3. The minimum absolute atomic E-state index is 0.00967. The van der Waals surface area contributed by atoms with E-state index in [4.69, 9.17) is 5.73 Å². The van der Waals surface area contributed by atoms with Gasteiger partial charge in [-0.1, -0.05) is 0 Å². The molecule has 0 atom stereocenters. The summed E-state index contributed by atoms with van der Waals surface area (Å²) >= 11 is 0. The fourth-order valence-electron chi connectivity index (χ4n) is 1.87. The minimum atomic E-state index is -1.52. The molecule has 3 rings (SSSR count). The minimum Gasteiger partial charge on any atom is -0.366 e. The third-order valence-corrected chi connectivity index (χ3v) is 2.70. The third kappa shape index (κ3) is 1.70. The van der Waals surface area contributed by atoms with Crippen LogP contribution in [0.25, 0.3) is 16.8 Å². The molecule has 0 saturated carbocycles. The molecule has 2 N–H and O–H groups in total. The molecule has 0 saturated heterocycles. The Bertz CT molecular complexity index is 782. The predicted molar refractivity (Wildman–Crippen MR) is 62.7 cm³/mol. The Morgan fingerprint density at radius 2 is 1.79 bits per heavy atom. The van der Waals surface area contributed by atoms with E-state index in [1.807, 2.05) is 0 Å². The standard InChI is InChI=1S/C12H7F3N4/c13-8-4-3-6(9(14)10(8)15)7-2-1-5-19-11(7)17-12(16)18-19/h1-5H,(H2,16,18). The quantitative estimate of drug-likeness (QED) is 0.686. The highest BCUT2D eigenvalue weighted by molar-refractivity contribution is 5.78. The highest BCUT2D eigenvalue weighted by Gasteiger charge is 2.17. The highest BCUT2D eigenvalue weighted by Crippen LogP contribution is 2.28. The summed E-state index contributed by atoms with van der Waals surface area (Å²) in [6.45, 7) is 0. The number of nitrogens with two attached hydrogens (primary N) is 1. The summed E-state index contributed by atoms with van der Waals surface area (Å²) in [4.78, 5) is 3.93. The molecule has 0 radical (unpaired) electrons. The molecule has 7 heteroatoms. The smallest absolute Gasteiger partial charge is 0.240 e. The van der Waals surface area contributed by atoms with Crippen LogP contribution in [-0.2, 0) is 0 Å². The second-order valence-corrected chi connectivity index (χ2v) is 3.88. The molecule has 1 aromatic carbocycles. The van der Waals surface area contributed by atoms with Crippen molar-refractivity contribution < 1.29 is 13.2 Å². The largest absolute Gasteiger partial charge is 0.366 e. The molecule has 0 fully saturated rings. The van der Waals surface area contributed by atoms with Crippen LogP contribution in [0, 0.1) is 17.5 Å². The Labute approximate surface area is 105 Å². The van der Waals surface area contributed by atoms with E-state index in [2.05, 4.69) is 10.1 Å². The molecule has 2 heterocycles. The molecule has 19 heavy (non-hydrogen) atoms. The van der Waals surface area contributed by atoms with E-state index in [1.165, 1.54) is 10.6 Å². The predicted octanol–water partition coefficient (Wildman–Crippen LogP) is 2.40. The van der Waals surface area contributed by atoms with E-state index < -0.39 is 17.5 Å². The number of pyridine rings is 1. The molecule has 0 spiro atoms. The van der Waals surface area contributed by atoms with Gasteiger partial charge in [-0.2, -0.15) is 4.98 Å². The van der Waals surface area contributed by atoms with Crippen LogP contribution in [0.4, 0.5) is 19.1 Å². The summed E-state index contributed by atoms with van der Waals surface area (Å²) in [5.74, 6) is -4.02. The number of nitrogen functional groups attached to an aromatic ring is 1. The van der Waals surface area contributed by atoms with Crippen LogP contribution in [0.3, 0.4) is 0 Å². The van der Waals surface area contributed by atoms with Crippen molar-refractivity contribution in [3.05, 3.63) is 47.9 Å². The number of rotatable bonds is 1. The Morgan fingerprint density at radius 3 is 2.58 bits per heavy atom. The van der Waals surface area contributed by atoms with E-state index in [1.54, 1.807) is 12.3 Å². The Balaban J connectivity index is 2.33. The number of hydrogen-bond acceptors (Lipinski definition) is 3. The number of fused-ring (bicyclic) bond motifs is 1. The van der Waals surface area contributed by atoms with E-state index in [9.17, 15) is 13.2 Å². The molecule has 0 aliphatic rings. The lowest BCUT2D eigenvalue weighted by molar-refractivity contribution is 0.449. The molecule has 2 aromatic heterocycles. The van der Waals surface area contributed by atoms with E-state index in [-0.39, 0.29) is 22.7 Å². The third-order valence-electron chi connectivity index (χ3n) is 2.70. The molecular weight excluding hydrogens is 257 g/mol. The Morgan fingerprint density at radius 1 is 1.00 bits per heavy atom. The van der Waals surface area contributed by atoms with E-state index in [0.29, 0.717) is 0 Å². The molecule has 4 nitrogen and oxygen atoms in total. The zero-order valence-electron chi connectivity index (χ0n) is 9.44. The van der Waals surface area contributed by atoms with Crippen molar-refractivity contribution in [2.45, 2.75) is 0 Å². The first-order chi connectivity index (χ1) is 9.08. The fraction of sp³-hybridized carbons (Fsp3) is 0. The van der Waals surface area contributed by atoms with Crippen LogP contribution in [0.1, 0.15) is 0 Å². The lowest BCUT2D eigenvalue weighted by Gasteiger charge is -2.05. The number of hydrogen-bond donors (Lipinski definition) is 1. The SMILES string of the molecule is Nc1nc2c(-c3ccc(F)c(F)c3F)cccn2n1. The van der Waals surface area contributed by atoms with Crippen molar-refractivity contribution in [3.63, 3.8) is 0 Å². The molecular formula is C12H7F3N4. The summed E-state index contributed by atoms with van der Waals surface area (Å²) < 4.78 is 41.3. The van der Waals surface area contributed by atoms with E-state index in [0.717, 1.165) is 12.1 Å². The van der Waals surface area contributed by atoms with Gasteiger partial charge < -0.3 is 5.73 Å². The van der Waals surface area contributed by atoms with Gasteiger partial charge in [0.05, 0.1) is 0 Å². The molecule has 0 aliphatic carbocycles. The van der Waals surface area contributed by atoms with Crippen molar-refractivity contribution in [1.82, 2.24) is 14.6 Å². The van der Waals surface area contributed by atoms with Crippen LogP contribution in [0.2, 0.25) is 0 Å². The first kappa shape index (κ1) is 11.5. The maximum absolute atomic E-state index is 13.8. The molecule has 0 unspecified atom stereocenters. The fourth-order valence-corrected chi connectivity index (χ4v) is 1.87. The van der Waals surface area contributed by atoms with Gasteiger partial charge in [0, 0.05) is 17.3 Å². The van der Waals surface area contributed by atoms with Gasteiger partial charge in [-0.15, -0.1) is 5.10 Å². The van der Waals surface area contributed by atoms with Gasteiger partial charge in [-0.05, 0) is 24.3 Å². The van der Waals surface area contributed by atoms with Crippen molar-refractivity contribution in [2.75, 3.05) is 5.73 Å². The van der Waals surface area contributed by atoms with Crippen LogP contribution in [-0.4, -0.2) is 14.6 Å². The van der Waals surface area contributed by atoms with Crippen LogP contribution in [0.15, 0.2) is 30.5 Å². The zero-order chi connectivity index (χ0) is 13.6. The topological polar surface area (TPSA) is 56.2 Å². The van der Waals surface area contributed by atoms with Gasteiger partial charge in [0.2, 0.25) is 5.95 Å². The number of anilines is 1. The normalized spacial score (nSPS) is 11.1. The number of benzene rings is 1. The Hall–Kier alpha value is -2.57. The lowest BCUT2D eigenvalue weighted by Crippen LogP contribution is -1.96. The van der Waals surface area contributed by atoms with Gasteiger partial charge >= 0.3 is 0 Å². The first-order valence-corrected chi connectivity index (χ1v) is 5.32. The summed E-state index contributed by atoms with van der Waals surface area (Å²) in [7, 11) is 0. The van der Waals surface area contributed by atoms with Gasteiger partial charge in [0.25, 0.3) is 0 Å². The monoisotopic (exact) mass is 264 g/mol. The second kappa shape index (κ2) is 3.98. The molecule has 96 valence electrons. The van der Waals surface area contributed by atoms with Crippen molar-refractivity contribution in [2.24, 2.45) is 0 Å². The highest BCUT2D eigenvalue weighted by atomic mass is 19.2. The lowest BCUT2D eigenvalue weighted by atomic mass is 10.1. The average molecular weight is 264 g/mol. The van der Waals surface area contributed by atoms with Crippen molar-refractivity contribution >= 4 is 11.6 Å². The molecule has 3 aromatic rings. The van der Waals surface area contributed by atoms with Crippen LogP contribution in [0.5, 0.6) is 0 Å². The maximum Gasteiger partial charge on any atom is 0.240 e. The van der Waals surface area contributed by atoms with Crippen LogP contribution < -0.4 is 5.73 Å². The Kier molecular flexibility index (Phi) is 2.41. The van der Waals surface area contributed by atoms with Gasteiger partial charge in [-0.3, -0.25) is 0 Å². The van der Waals surface area contributed by atoms with Crippen LogP contribution >= 0.6 is 0 Å². The number of aromatic nitrogens is 3. The van der Waals surface area contributed by atoms with Crippen molar-refractivity contribution in [3.8, 4) is 11.1 Å². The number of nitrogens with zero attached hydrogens (tertiary/aromatic N) is 3. The second-order valence-electron chi connectivity index (χ2n) is 3.88. The van der Waals surface area contributed by atoms with Gasteiger partial charge in [0.1, 0.15) is 0 Å². The molecule has 0 aliphatic heterocycles. The maximum atomic E-state index is 13.8. The average Bonchev–Trinajstić information content (AvgIpc) is 2.76.